The first-order valence-corrected chi connectivity index (χ1v) is 11.5. The van der Waals surface area contributed by atoms with Gasteiger partial charge in [-0.05, 0) is 63.6 Å². The zero-order valence-corrected chi connectivity index (χ0v) is 20.3. The fraction of sp³-hybridized carbons (Fsp3) is 0.333. The molecule has 7 nitrogen and oxygen atoms in total. The molecule has 0 atom stereocenters. The van der Waals surface area contributed by atoms with Crippen molar-refractivity contribution < 1.29 is 9.59 Å². The number of carbonyl (C=O) groups excluding carboxylic acids is 2. The molecule has 180 valence electrons. The minimum atomic E-state index is -0.276. The number of anilines is 1. The fourth-order valence-corrected chi connectivity index (χ4v) is 3.88. The second-order valence-electron chi connectivity index (χ2n) is 8.11. The van der Waals surface area contributed by atoms with Crippen LogP contribution in [0.3, 0.4) is 0 Å². The molecule has 1 aromatic heterocycles. The molecular formula is C27H35N5O2. The normalized spacial score (nSPS) is 13.2. The predicted octanol–water partition coefficient (Wildman–Crippen LogP) is 4.69. The highest BCUT2D eigenvalue weighted by atomic mass is 16.1. The van der Waals surface area contributed by atoms with E-state index in [9.17, 15) is 9.59 Å². The molecule has 3 N–H and O–H groups in total. The number of carbonyl (C=O) groups is 2. The molecular weight excluding hydrogens is 426 g/mol. The van der Waals surface area contributed by atoms with Gasteiger partial charge in [-0.25, -0.2) is 9.97 Å². The largest absolute Gasteiger partial charge is 0.333 e. The van der Waals surface area contributed by atoms with E-state index in [1.54, 1.807) is 12.3 Å². The van der Waals surface area contributed by atoms with Crippen molar-refractivity contribution in [3.05, 3.63) is 67.0 Å². The minimum absolute atomic E-state index is 0.276. The summed E-state index contributed by atoms with van der Waals surface area (Å²) in [7, 11) is 5.88. The van der Waals surface area contributed by atoms with Crippen molar-refractivity contribution in [1.82, 2.24) is 14.9 Å². The maximum atomic E-state index is 11.6. The van der Waals surface area contributed by atoms with E-state index < -0.39 is 0 Å². The SMILES string of the molecule is C=CC(=O)Nc1cccc2ccc(-c3nccc(C=O)n3)cc12.CN.CN(C)C1CCCCC1. The molecule has 2 aromatic carbocycles. The van der Waals surface area contributed by atoms with Crippen LogP contribution in [0.15, 0.2) is 61.3 Å². The number of nitrogens with one attached hydrogen (secondary N) is 1. The van der Waals surface area contributed by atoms with Crippen LogP contribution in [0.25, 0.3) is 22.2 Å². The number of hydrogen-bond acceptors (Lipinski definition) is 6. The number of aromatic nitrogens is 2. The number of rotatable bonds is 5. The molecule has 0 aliphatic heterocycles. The Morgan fingerprint density at radius 1 is 1.12 bits per heavy atom. The number of aldehydes is 1. The summed E-state index contributed by atoms with van der Waals surface area (Å²) in [5.74, 6) is 0.184. The number of benzene rings is 2. The molecule has 0 bridgehead atoms. The zero-order valence-electron chi connectivity index (χ0n) is 20.3. The van der Waals surface area contributed by atoms with E-state index in [-0.39, 0.29) is 5.91 Å². The van der Waals surface area contributed by atoms with Gasteiger partial charge in [-0.2, -0.15) is 0 Å². The van der Waals surface area contributed by atoms with Crippen molar-refractivity contribution in [2.75, 3.05) is 26.5 Å². The molecule has 0 unspecified atom stereocenters. The molecule has 1 aliphatic rings. The second-order valence-corrected chi connectivity index (χ2v) is 8.11. The average molecular weight is 462 g/mol. The van der Waals surface area contributed by atoms with Crippen LogP contribution in [-0.4, -0.2) is 54.2 Å². The van der Waals surface area contributed by atoms with Crippen molar-refractivity contribution >= 4 is 28.7 Å². The van der Waals surface area contributed by atoms with Crippen LogP contribution in [0.2, 0.25) is 0 Å². The van der Waals surface area contributed by atoms with Crippen LogP contribution in [0.4, 0.5) is 5.69 Å². The van der Waals surface area contributed by atoms with E-state index in [4.69, 9.17) is 0 Å². The molecule has 1 aliphatic carbocycles. The lowest BCUT2D eigenvalue weighted by Crippen LogP contribution is -2.29. The minimum Gasteiger partial charge on any atom is -0.333 e. The Bertz CT molecular complexity index is 1090. The molecule has 7 heteroatoms. The lowest BCUT2D eigenvalue weighted by atomic mass is 9.95. The third kappa shape index (κ3) is 7.57. The van der Waals surface area contributed by atoms with Gasteiger partial charge >= 0.3 is 0 Å². The lowest BCUT2D eigenvalue weighted by molar-refractivity contribution is -0.111. The van der Waals surface area contributed by atoms with Gasteiger partial charge in [-0.1, -0.05) is 50.1 Å². The number of nitrogens with zero attached hydrogens (tertiary/aromatic N) is 3. The Labute approximate surface area is 202 Å². The molecule has 1 fully saturated rings. The number of fused-ring (bicyclic) bond motifs is 1. The fourth-order valence-electron chi connectivity index (χ4n) is 3.88. The Kier molecular flexibility index (Phi) is 11.0. The first-order chi connectivity index (χ1) is 16.5. The molecule has 4 rings (SSSR count). The van der Waals surface area contributed by atoms with Crippen LogP contribution in [0.5, 0.6) is 0 Å². The third-order valence-corrected chi connectivity index (χ3v) is 5.69. The number of hydrogen-bond donors (Lipinski definition) is 2. The van der Waals surface area contributed by atoms with E-state index in [0.29, 0.717) is 23.5 Å². The van der Waals surface area contributed by atoms with Crippen LogP contribution in [0, 0.1) is 0 Å². The molecule has 0 radical (unpaired) electrons. The summed E-state index contributed by atoms with van der Waals surface area (Å²) in [6.07, 6.45) is 10.7. The topological polar surface area (TPSA) is 101 Å². The van der Waals surface area contributed by atoms with Gasteiger partial charge < -0.3 is 16.0 Å². The third-order valence-electron chi connectivity index (χ3n) is 5.69. The summed E-state index contributed by atoms with van der Waals surface area (Å²) in [4.78, 5) is 33.2. The van der Waals surface area contributed by atoms with E-state index >= 15 is 0 Å². The highest BCUT2D eigenvalue weighted by molar-refractivity contribution is 6.06. The van der Waals surface area contributed by atoms with Gasteiger partial charge in [-0.15, -0.1) is 0 Å². The Morgan fingerprint density at radius 2 is 1.85 bits per heavy atom. The molecule has 34 heavy (non-hydrogen) atoms. The van der Waals surface area contributed by atoms with Crippen LogP contribution >= 0.6 is 0 Å². The van der Waals surface area contributed by atoms with Gasteiger partial charge in [0.05, 0.1) is 0 Å². The summed E-state index contributed by atoms with van der Waals surface area (Å²) in [5.41, 5.74) is 6.27. The lowest BCUT2D eigenvalue weighted by Gasteiger charge is -2.27. The first kappa shape index (κ1) is 26.8. The highest BCUT2D eigenvalue weighted by Crippen LogP contribution is 2.28. The van der Waals surface area contributed by atoms with Crippen molar-refractivity contribution in [1.29, 1.82) is 0 Å². The molecule has 1 saturated carbocycles. The van der Waals surface area contributed by atoms with Gasteiger partial charge in [0.25, 0.3) is 0 Å². The number of nitrogens with two attached hydrogens (primary N) is 1. The monoisotopic (exact) mass is 461 g/mol. The van der Waals surface area contributed by atoms with Gasteiger partial charge in [0.2, 0.25) is 5.91 Å². The van der Waals surface area contributed by atoms with Crippen LogP contribution < -0.4 is 11.1 Å². The summed E-state index contributed by atoms with van der Waals surface area (Å²) >= 11 is 0. The van der Waals surface area contributed by atoms with Gasteiger partial charge in [0.1, 0.15) is 5.69 Å². The predicted molar refractivity (Wildman–Crippen MR) is 140 cm³/mol. The van der Waals surface area contributed by atoms with Gasteiger partial charge in [0, 0.05) is 28.9 Å². The quantitative estimate of drug-likeness (QED) is 0.422. The van der Waals surface area contributed by atoms with Crippen molar-refractivity contribution in [2.45, 2.75) is 38.1 Å². The van der Waals surface area contributed by atoms with E-state index in [2.05, 4.69) is 46.6 Å². The zero-order chi connectivity index (χ0) is 24.9. The smallest absolute Gasteiger partial charge is 0.247 e. The molecule has 0 saturated heterocycles. The maximum Gasteiger partial charge on any atom is 0.247 e. The Balaban J connectivity index is 0.000000311. The highest BCUT2D eigenvalue weighted by Gasteiger charge is 2.14. The molecule has 0 spiro atoms. The standard InChI is InChI=1S/C18H13N3O2.C8H17N.CH5N/c1-2-17(23)21-16-5-3-4-12-6-7-13(10-15(12)16)18-19-9-8-14(11-22)20-18;1-9(2)8-6-4-3-5-7-8;1-2/h2-11H,1H2,(H,21,23);8H,3-7H2,1-2H3;2H2,1H3. The van der Waals surface area contributed by atoms with Crippen molar-refractivity contribution in [2.24, 2.45) is 5.73 Å². The molecule has 3 aromatic rings. The molecule has 1 amide bonds. The summed E-state index contributed by atoms with van der Waals surface area (Å²) in [6.45, 7) is 3.46. The summed E-state index contributed by atoms with van der Waals surface area (Å²) in [6, 6.07) is 13.8. The van der Waals surface area contributed by atoms with E-state index in [1.165, 1.54) is 45.2 Å². The van der Waals surface area contributed by atoms with Crippen molar-refractivity contribution in [3.8, 4) is 11.4 Å². The van der Waals surface area contributed by atoms with E-state index in [1.807, 2.05) is 36.4 Å². The summed E-state index contributed by atoms with van der Waals surface area (Å²) < 4.78 is 0. The van der Waals surface area contributed by atoms with E-state index in [0.717, 1.165) is 22.4 Å². The molecule has 1 heterocycles. The van der Waals surface area contributed by atoms with Crippen LogP contribution in [-0.2, 0) is 4.79 Å². The first-order valence-electron chi connectivity index (χ1n) is 11.5. The van der Waals surface area contributed by atoms with Gasteiger partial charge in [-0.3, -0.25) is 9.59 Å². The van der Waals surface area contributed by atoms with Crippen molar-refractivity contribution in [3.63, 3.8) is 0 Å². The van der Waals surface area contributed by atoms with Crippen LogP contribution in [0.1, 0.15) is 42.6 Å². The number of amides is 1. The van der Waals surface area contributed by atoms with Gasteiger partial charge in [0.15, 0.2) is 12.1 Å². The Morgan fingerprint density at radius 3 is 2.47 bits per heavy atom. The Hall–Kier alpha value is -3.42. The average Bonchev–Trinajstić information content (AvgIpc) is 2.90. The second kappa shape index (κ2) is 14.0. The maximum absolute atomic E-state index is 11.6. The summed E-state index contributed by atoms with van der Waals surface area (Å²) in [5, 5.41) is 4.62.